The molecular formula is C25H32N4O3. The molecule has 1 fully saturated rings. The molecule has 0 unspecified atom stereocenters. The molecule has 0 saturated carbocycles. The van der Waals surface area contributed by atoms with Gasteiger partial charge in [0.1, 0.15) is 5.75 Å². The predicted molar refractivity (Wildman–Crippen MR) is 127 cm³/mol. The number of pyridine rings is 1. The average Bonchev–Trinajstić information content (AvgIpc) is 3.09. The largest absolute Gasteiger partial charge is 0.496 e. The number of fused-ring (bicyclic) bond motifs is 1. The summed E-state index contributed by atoms with van der Waals surface area (Å²) < 4.78 is 7.68. The van der Waals surface area contributed by atoms with E-state index in [0.29, 0.717) is 34.5 Å². The smallest absolute Gasteiger partial charge is 0.256 e. The Hall–Kier alpha value is -3.06. The number of hydrogen-bond acceptors (Lipinski definition) is 4. The molecule has 1 aliphatic rings. The first-order valence-corrected chi connectivity index (χ1v) is 11.3. The average molecular weight is 437 g/mol. The Morgan fingerprint density at radius 2 is 1.97 bits per heavy atom. The van der Waals surface area contributed by atoms with E-state index in [2.05, 4.69) is 33.2 Å². The Balaban J connectivity index is 1.67. The number of aromatic amines is 1. The Morgan fingerprint density at radius 3 is 2.69 bits per heavy atom. The molecule has 3 aromatic rings. The van der Waals surface area contributed by atoms with Crippen LogP contribution >= 0.6 is 0 Å². The van der Waals surface area contributed by atoms with Crippen molar-refractivity contribution in [3.8, 4) is 5.75 Å². The Morgan fingerprint density at radius 1 is 1.25 bits per heavy atom. The van der Waals surface area contributed by atoms with Crippen LogP contribution in [0.5, 0.6) is 5.75 Å². The van der Waals surface area contributed by atoms with E-state index in [4.69, 9.17) is 4.74 Å². The summed E-state index contributed by atoms with van der Waals surface area (Å²) in [7, 11) is 1.53. The van der Waals surface area contributed by atoms with E-state index in [9.17, 15) is 9.59 Å². The van der Waals surface area contributed by atoms with E-state index in [0.717, 1.165) is 42.5 Å². The molecule has 2 aromatic heterocycles. The molecule has 1 aromatic carbocycles. The van der Waals surface area contributed by atoms with Crippen molar-refractivity contribution in [1.29, 1.82) is 0 Å². The number of rotatable bonds is 6. The van der Waals surface area contributed by atoms with Crippen LogP contribution in [0, 0.1) is 19.8 Å². The minimum Gasteiger partial charge on any atom is -0.496 e. The number of amides is 1. The number of nitrogens with zero attached hydrogens (tertiary/aromatic N) is 1. The topological polar surface area (TPSA) is 88.2 Å². The van der Waals surface area contributed by atoms with Gasteiger partial charge in [0, 0.05) is 28.3 Å². The highest BCUT2D eigenvalue weighted by Crippen LogP contribution is 2.34. The molecule has 7 heteroatoms. The van der Waals surface area contributed by atoms with Crippen LogP contribution in [0.1, 0.15) is 53.1 Å². The number of aromatic nitrogens is 2. The highest BCUT2D eigenvalue weighted by atomic mass is 16.5. The molecule has 1 saturated heterocycles. The zero-order valence-corrected chi connectivity index (χ0v) is 19.2. The first-order valence-electron chi connectivity index (χ1n) is 11.3. The Labute approximate surface area is 188 Å². The third-order valence-corrected chi connectivity index (χ3v) is 6.73. The number of nitrogens with one attached hydrogen (secondary N) is 3. The number of para-hydroxylation sites is 1. The molecule has 0 radical (unpaired) electrons. The molecule has 1 aliphatic heterocycles. The van der Waals surface area contributed by atoms with Gasteiger partial charge in [-0.2, -0.15) is 0 Å². The van der Waals surface area contributed by atoms with Crippen molar-refractivity contribution in [2.24, 2.45) is 5.92 Å². The van der Waals surface area contributed by atoms with E-state index in [1.165, 1.54) is 7.11 Å². The summed E-state index contributed by atoms with van der Waals surface area (Å²) in [5, 5.41) is 7.32. The van der Waals surface area contributed by atoms with Gasteiger partial charge in [0.25, 0.3) is 11.5 Å². The van der Waals surface area contributed by atoms with Crippen LogP contribution in [-0.4, -0.2) is 35.7 Å². The molecule has 0 bridgehead atoms. The lowest BCUT2D eigenvalue weighted by atomic mass is 9.91. The van der Waals surface area contributed by atoms with Gasteiger partial charge >= 0.3 is 0 Å². The van der Waals surface area contributed by atoms with Crippen LogP contribution in [0.25, 0.3) is 10.9 Å². The minimum absolute atomic E-state index is 0.0976. The lowest BCUT2D eigenvalue weighted by Crippen LogP contribution is -2.32. The number of carbonyl (C=O) groups excluding carboxylic acids is 1. The summed E-state index contributed by atoms with van der Waals surface area (Å²) >= 11 is 0. The second kappa shape index (κ2) is 9.20. The van der Waals surface area contributed by atoms with Gasteiger partial charge in [-0.05, 0) is 64.8 Å². The number of aryl methyl sites for hydroxylation is 1. The van der Waals surface area contributed by atoms with E-state index in [1.54, 1.807) is 13.0 Å². The molecule has 3 heterocycles. The lowest BCUT2D eigenvalue weighted by Gasteiger charge is -2.30. The maximum Gasteiger partial charge on any atom is 0.256 e. The second-order valence-corrected chi connectivity index (χ2v) is 8.69. The predicted octanol–water partition coefficient (Wildman–Crippen LogP) is 3.45. The third-order valence-electron chi connectivity index (χ3n) is 6.73. The lowest BCUT2D eigenvalue weighted by molar-refractivity contribution is 0.0951. The van der Waals surface area contributed by atoms with Crippen molar-refractivity contribution in [2.75, 3.05) is 20.2 Å². The summed E-state index contributed by atoms with van der Waals surface area (Å²) in [5.41, 5.74) is 3.58. The van der Waals surface area contributed by atoms with Gasteiger partial charge in [-0.15, -0.1) is 0 Å². The van der Waals surface area contributed by atoms with Crippen LogP contribution in [0.15, 0.2) is 35.1 Å². The molecule has 32 heavy (non-hydrogen) atoms. The number of carbonyl (C=O) groups is 1. The summed E-state index contributed by atoms with van der Waals surface area (Å²) in [5.74, 6) is 0.860. The van der Waals surface area contributed by atoms with E-state index >= 15 is 0 Å². The van der Waals surface area contributed by atoms with Crippen molar-refractivity contribution < 1.29 is 9.53 Å². The third kappa shape index (κ3) is 4.05. The molecule has 3 N–H and O–H groups in total. The van der Waals surface area contributed by atoms with Crippen LogP contribution in [0.3, 0.4) is 0 Å². The molecule has 0 spiro atoms. The summed E-state index contributed by atoms with van der Waals surface area (Å²) in [6.07, 6.45) is 2.26. The fourth-order valence-electron chi connectivity index (χ4n) is 5.03. The van der Waals surface area contributed by atoms with Crippen LogP contribution in [0.2, 0.25) is 0 Å². The van der Waals surface area contributed by atoms with Gasteiger partial charge in [0.2, 0.25) is 0 Å². The van der Waals surface area contributed by atoms with Crippen molar-refractivity contribution in [3.63, 3.8) is 0 Å². The number of H-pyrrole nitrogens is 1. The molecule has 7 nitrogen and oxygen atoms in total. The highest BCUT2D eigenvalue weighted by Gasteiger charge is 2.27. The highest BCUT2D eigenvalue weighted by molar-refractivity contribution is 6.08. The van der Waals surface area contributed by atoms with Gasteiger partial charge in [-0.1, -0.05) is 18.2 Å². The van der Waals surface area contributed by atoms with Gasteiger partial charge in [0.05, 0.1) is 24.8 Å². The second-order valence-electron chi connectivity index (χ2n) is 8.69. The zero-order chi connectivity index (χ0) is 22.8. The first-order chi connectivity index (χ1) is 15.4. The Bertz CT molecular complexity index is 1190. The summed E-state index contributed by atoms with van der Waals surface area (Å²) in [6, 6.07) is 10.1. The summed E-state index contributed by atoms with van der Waals surface area (Å²) in [6.45, 7) is 8.25. The van der Waals surface area contributed by atoms with Gasteiger partial charge in [0.15, 0.2) is 0 Å². The number of hydrogen-bond donors (Lipinski definition) is 3. The monoisotopic (exact) mass is 436 g/mol. The molecule has 1 atom stereocenters. The molecule has 4 rings (SSSR count). The number of ether oxygens (including phenoxy) is 1. The molecule has 170 valence electrons. The van der Waals surface area contributed by atoms with Crippen molar-refractivity contribution in [2.45, 2.75) is 46.2 Å². The SMILES string of the molecule is COc1cc(C)[nH]c(=O)c1CNC(=O)c1c(C)n([C@H](C)C2CCNCC2)c2ccccc12. The minimum atomic E-state index is -0.249. The fourth-order valence-corrected chi connectivity index (χ4v) is 5.03. The molecular weight excluding hydrogens is 404 g/mol. The van der Waals surface area contributed by atoms with Gasteiger partial charge in [-0.3, -0.25) is 9.59 Å². The van der Waals surface area contributed by atoms with E-state index in [1.807, 2.05) is 25.1 Å². The molecule has 1 amide bonds. The molecule has 0 aliphatic carbocycles. The van der Waals surface area contributed by atoms with Crippen molar-refractivity contribution in [1.82, 2.24) is 20.2 Å². The zero-order valence-electron chi connectivity index (χ0n) is 19.2. The van der Waals surface area contributed by atoms with Crippen molar-refractivity contribution in [3.05, 3.63) is 63.2 Å². The number of methoxy groups -OCH3 is 1. The van der Waals surface area contributed by atoms with Gasteiger partial charge < -0.3 is 24.9 Å². The number of piperidine rings is 1. The maximum absolute atomic E-state index is 13.4. The summed E-state index contributed by atoms with van der Waals surface area (Å²) in [4.78, 5) is 28.6. The van der Waals surface area contributed by atoms with Crippen LogP contribution < -0.4 is 20.9 Å². The Kier molecular flexibility index (Phi) is 6.37. The first kappa shape index (κ1) is 22.1. The fraction of sp³-hybridized carbons (Fsp3) is 0.440. The van der Waals surface area contributed by atoms with Crippen molar-refractivity contribution >= 4 is 16.8 Å². The van der Waals surface area contributed by atoms with Gasteiger partial charge in [-0.25, -0.2) is 0 Å². The number of benzene rings is 1. The standard InChI is InChI=1S/C25H32N4O3/c1-15-13-22(32-4)20(24(30)28-15)14-27-25(31)23-17(3)29(21-8-6-5-7-19(21)23)16(2)18-9-11-26-12-10-18/h5-8,13,16,18,26H,9-12,14H2,1-4H3,(H,27,31)(H,28,30)/t16-/m1/s1. The van der Waals surface area contributed by atoms with E-state index in [-0.39, 0.29) is 18.0 Å². The van der Waals surface area contributed by atoms with Crippen LogP contribution in [-0.2, 0) is 6.54 Å². The van der Waals surface area contributed by atoms with Crippen LogP contribution in [0.4, 0.5) is 0 Å². The maximum atomic E-state index is 13.4. The van der Waals surface area contributed by atoms with E-state index < -0.39 is 0 Å². The quantitative estimate of drug-likeness (QED) is 0.552. The normalized spacial score (nSPS) is 15.6.